The van der Waals surface area contributed by atoms with E-state index >= 15 is 0 Å². The lowest BCUT2D eigenvalue weighted by Crippen LogP contribution is -2.46. The molecule has 3 unspecified atom stereocenters. The van der Waals surface area contributed by atoms with Crippen LogP contribution in [0.4, 0.5) is 0 Å². The Morgan fingerprint density at radius 3 is 1.16 bits per heavy atom. The maximum Gasteiger partial charge on any atom is 0.306 e. The Morgan fingerprint density at radius 2 is 0.743 bits per heavy atom. The van der Waals surface area contributed by atoms with E-state index in [1.807, 2.05) is 0 Å². The second kappa shape index (κ2) is 56.9. The Labute approximate surface area is 433 Å². The monoisotopic (exact) mass is 976 g/mol. The van der Waals surface area contributed by atoms with Gasteiger partial charge < -0.3 is 20.3 Å². The molecule has 0 aliphatic rings. The van der Waals surface area contributed by atoms with Crippen LogP contribution in [0.2, 0.25) is 0 Å². The number of allylic oxidation sites excluding steroid dienone is 14. The van der Waals surface area contributed by atoms with E-state index in [2.05, 4.69) is 111 Å². The lowest BCUT2D eigenvalue weighted by molar-refractivity contribution is -0.151. The summed E-state index contributed by atoms with van der Waals surface area (Å²) in [6.07, 6.45) is 75.1. The normalized spacial score (nSPS) is 13.7. The van der Waals surface area contributed by atoms with Crippen LogP contribution in [0.5, 0.6) is 0 Å². The molecule has 0 aromatic heterocycles. The van der Waals surface area contributed by atoms with Gasteiger partial charge in [-0.15, -0.1) is 0 Å². The van der Waals surface area contributed by atoms with Crippen LogP contribution in [-0.4, -0.2) is 46.9 Å². The Morgan fingerprint density at radius 1 is 0.414 bits per heavy atom. The predicted octanol–water partition coefficient (Wildman–Crippen LogP) is 18.7. The van der Waals surface area contributed by atoms with Gasteiger partial charge in [-0.3, -0.25) is 9.59 Å². The van der Waals surface area contributed by atoms with Crippen LogP contribution in [0.25, 0.3) is 0 Å². The number of amides is 1. The second-order valence-electron chi connectivity index (χ2n) is 20.0. The smallest absolute Gasteiger partial charge is 0.306 e. The summed E-state index contributed by atoms with van der Waals surface area (Å²) < 4.78 is 5.93. The average Bonchev–Trinajstić information content (AvgIpc) is 3.35. The molecular weight excluding hydrogens is 863 g/mol. The fourth-order valence-corrected chi connectivity index (χ4v) is 8.66. The number of hydrogen-bond donors (Lipinski definition) is 3. The number of aliphatic hydroxyl groups is 2. The quantitative estimate of drug-likeness (QED) is 0.0321. The molecule has 0 aliphatic carbocycles. The van der Waals surface area contributed by atoms with Crippen molar-refractivity contribution < 1.29 is 24.5 Å². The summed E-state index contributed by atoms with van der Waals surface area (Å²) in [6, 6.07) is -0.729. The molecule has 70 heavy (non-hydrogen) atoms. The molecule has 0 rings (SSSR count). The standard InChI is InChI=1S/C64H113NO5/c1-4-7-10-13-16-19-22-25-28-31-34-37-40-43-46-49-52-55-60(70-64(69)57-54-51-48-45-42-39-36-33-30-27-24-21-18-15-12-9-6-3)58-63(68)65-61(59-66)62(67)56-53-50-47-44-41-38-35-32-29-26-23-20-17-14-11-8-5-2/h16,18-19,21,25,27-28,30,34,36-37,39,43,46,60-62,66-67H,4-15,17,20,22-24,26,29,31-33,35,38,40-42,44-45,47-59H2,1-3H3,(H,65,68)/b19-16-,21-18-,28-25-,30-27-,37-34-,39-36-,46-43-. The van der Waals surface area contributed by atoms with Gasteiger partial charge in [0.15, 0.2) is 0 Å². The van der Waals surface area contributed by atoms with Gasteiger partial charge in [-0.2, -0.15) is 0 Å². The summed E-state index contributed by atoms with van der Waals surface area (Å²) in [6.45, 7) is 6.43. The van der Waals surface area contributed by atoms with E-state index in [0.29, 0.717) is 19.3 Å². The van der Waals surface area contributed by atoms with Crippen molar-refractivity contribution in [1.82, 2.24) is 5.32 Å². The highest BCUT2D eigenvalue weighted by Crippen LogP contribution is 2.17. The Balaban J connectivity index is 4.68. The van der Waals surface area contributed by atoms with Crippen molar-refractivity contribution >= 4 is 11.9 Å². The second-order valence-corrected chi connectivity index (χ2v) is 20.0. The van der Waals surface area contributed by atoms with Crippen molar-refractivity contribution in [3.8, 4) is 0 Å². The zero-order valence-electron chi connectivity index (χ0n) is 46.1. The van der Waals surface area contributed by atoms with Gasteiger partial charge in [0.05, 0.1) is 25.2 Å². The van der Waals surface area contributed by atoms with Gasteiger partial charge >= 0.3 is 5.97 Å². The maximum absolute atomic E-state index is 13.3. The Hall–Kier alpha value is -2.96. The van der Waals surface area contributed by atoms with Gasteiger partial charge in [-0.25, -0.2) is 0 Å². The van der Waals surface area contributed by atoms with E-state index < -0.39 is 18.2 Å². The van der Waals surface area contributed by atoms with Crippen molar-refractivity contribution in [1.29, 1.82) is 0 Å². The molecule has 0 saturated carbocycles. The van der Waals surface area contributed by atoms with Crippen LogP contribution in [-0.2, 0) is 14.3 Å². The first-order valence-corrected chi connectivity index (χ1v) is 29.8. The van der Waals surface area contributed by atoms with Crippen LogP contribution in [0.3, 0.4) is 0 Å². The molecule has 0 bridgehead atoms. The topological polar surface area (TPSA) is 95.9 Å². The molecule has 0 spiro atoms. The highest BCUT2D eigenvalue weighted by atomic mass is 16.5. The minimum Gasteiger partial charge on any atom is -0.462 e. The number of hydrogen-bond acceptors (Lipinski definition) is 5. The summed E-state index contributed by atoms with van der Waals surface area (Å²) in [5, 5.41) is 23.9. The molecular formula is C64H113NO5. The van der Waals surface area contributed by atoms with Crippen LogP contribution < -0.4 is 5.32 Å². The van der Waals surface area contributed by atoms with Crippen molar-refractivity contribution in [2.75, 3.05) is 6.61 Å². The molecule has 0 fully saturated rings. The summed E-state index contributed by atoms with van der Waals surface area (Å²) in [5.74, 6) is -0.551. The number of rotatable bonds is 53. The first-order valence-electron chi connectivity index (χ1n) is 29.8. The van der Waals surface area contributed by atoms with E-state index in [0.717, 1.165) is 96.3 Å². The molecule has 0 heterocycles. The number of nitrogens with one attached hydrogen (secondary N) is 1. The Kier molecular flexibility index (Phi) is 54.5. The van der Waals surface area contributed by atoms with Crippen molar-refractivity contribution in [3.63, 3.8) is 0 Å². The van der Waals surface area contributed by atoms with Crippen LogP contribution >= 0.6 is 0 Å². The number of unbranched alkanes of at least 4 members (excludes halogenated alkanes) is 27. The maximum atomic E-state index is 13.3. The van der Waals surface area contributed by atoms with Crippen LogP contribution in [0.1, 0.15) is 284 Å². The molecule has 0 aromatic rings. The number of carbonyl (C=O) groups excluding carboxylic acids is 2. The summed E-state index contributed by atoms with van der Waals surface area (Å²) in [4.78, 5) is 26.3. The van der Waals surface area contributed by atoms with E-state index in [1.165, 1.54) is 141 Å². The number of esters is 1. The first kappa shape index (κ1) is 67.0. The third kappa shape index (κ3) is 51.4. The van der Waals surface area contributed by atoms with E-state index in [1.54, 1.807) is 0 Å². The van der Waals surface area contributed by atoms with Gasteiger partial charge in [0.25, 0.3) is 0 Å². The van der Waals surface area contributed by atoms with Crippen molar-refractivity contribution in [3.05, 3.63) is 85.1 Å². The van der Waals surface area contributed by atoms with E-state index in [4.69, 9.17) is 4.74 Å². The molecule has 0 radical (unpaired) electrons. The minimum absolute atomic E-state index is 0.0278. The predicted molar refractivity (Wildman–Crippen MR) is 305 cm³/mol. The van der Waals surface area contributed by atoms with Crippen molar-refractivity contribution in [2.45, 2.75) is 302 Å². The van der Waals surface area contributed by atoms with Crippen molar-refractivity contribution in [2.24, 2.45) is 0 Å². The van der Waals surface area contributed by atoms with Gasteiger partial charge in [-0.1, -0.05) is 254 Å². The zero-order chi connectivity index (χ0) is 50.9. The Bertz CT molecular complexity index is 1330. The van der Waals surface area contributed by atoms with Crippen LogP contribution in [0, 0.1) is 0 Å². The number of carbonyl (C=O) groups is 2. The van der Waals surface area contributed by atoms with Gasteiger partial charge in [-0.05, 0) is 103 Å². The molecule has 0 aliphatic heterocycles. The van der Waals surface area contributed by atoms with Gasteiger partial charge in [0, 0.05) is 6.42 Å². The van der Waals surface area contributed by atoms with Crippen LogP contribution in [0.15, 0.2) is 85.1 Å². The fraction of sp³-hybridized carbons (Fsp3) is 0.750. The summed E-state index contributed by atoms with van der Waals surface area (Å²) in [5.41, 5.74) is 0. The molecule has 1 amide bonds. The largest absolute Gasteiger partial charge is 0.462 e. The fourth-order valence-electron chi connectivity index (χ4n) is 8.66. The molecule has 404 valence electrons. The third-order valence-corrected chi connectivity index (χ3v) is 13.2. The number of aliphatic hydroxyl groups excluding tert-OH is 2. The molecule has 3 N–H and O–H groups in total. The van der Waals surface area contributed by atoms with E-state index in [9.17, 15) is 19.8 Å². The number of ether oxygens (including phenoxy) is 1. The molecule has 6 heteroatoms. The van der Waals surface area contributed by atoms with Gasteiger partial charge in [0.2, 0.25) is 5.91 Å². The summed E-state index contributed by atoms with van der Waals surface area (Å²) >= 11 is 0. The highest BCUT2D eigenvalue weighted by molar-refractivity contribution is 5.77. The average molecular weight is 977 g/mol. The lowest BCUT2D eigenvalue weighted by atomic mass is 10.0. The van der Waals surface area contributed by atoms with Gasteiger partial charge in [0.1, 0.15) is 6.10 Å². The molecule has 0 saturated heterocycles. The molecule has 3 atom stereocenters. The SMILES string of the molecule is CCCCC/C=C\C/C=C\C/C=C\C/C=C\CCCC(CC(=O)NC(CO)C(O)CCCCCCCCCCCCCCCCCCC)OC(=O)CCCCCC/C=C\C/C=C\C/C=C\CCCCC. The molecule has 6 nitrogen and oxygen atoms in total. The minimum atomic E-state index is -0.812. The lowest BCUT2D eigenvalue weighted by Gasteiger charge is -2.24. The highest BCUT2D eigenvalue weighted by Gasteiger charge is 2.24. The summed E-state index contributed by atoms with van der Waals surface area (Å²) in [7, 11) is 0. The molecule has 0 aromatic carbocycles. The zero-order valence-corrected chi connectivity index (χ0v) is 46.1. The first-order chi connectivity index (χ1) is 34.5. The van der Waals surface area contributed by atoms with E-state index in [-0.39, 0.29) is 24.9 Å². The third-order valence-electron chi connectivity index (χ3n) is 13.2.